The topological polar surface area (TPSA) is 28.2 Å². The van der Waals surface area contributed by atoms with Gasteiger partial charge in [-0.3, -0.25) is 0 Å². The van der Waals surface area contributed by atoms with Crippen molar-refractivity contribution in [2.45, 2.75) is 40.7 Å². The van der Waals surface area contributed by atoms with Crippen molar-refractivity contribution in [1.82, 2.24) is 10.3 Å². The second kappa shape index (κ2) is 6.74. The van der Waals surface area contributed by atoms with Crippen LogP contribution in [0.5, 0.6) is 0 Å². The third-order valence-corrected chi connectivity index (χ3v) is 2.67. The quantitative estimate of drug-likeness (QED) is 0.785. The van der Waals surface area contributed by atoms with Crippen LogP contribution >= 0.6 is 0 Å². The lowest BCUT2D eigenvalue weighted by atomic mass is 9.96. The number of hydrogen-bond acceptors (Lipinski definition) is 3. The van der Waals surface area contributed by atoms with Gasteiger partial charge in [0.2, 0.25) is 0 Å². The Labute approximate surface area is 112 Å². The lowest BCUT2D eigenvalue weighted by Gasteiger charge is -2.27. The minimum Gasteiger partial charge on any atom is -0.359 e. The molecule has 1 rings (SSSR count). The maximum absolute atomic E-state index is 4.53. The van der Waals surface area contributed by atoms with Gasteiger partial charge in [-0.2, -0.15) is 0 Å². The molecule has 0 fully saturated rings. The van der Waals surface area contributed by atoms with Gasteiger partial charge in [0, 0.05) is 26.3 Å². The van der Waals surface area contributed by atoms with E-state index in [0.29, 0.717) is 0 Å². The Kier molecular flexibility index (Phi) is 5.60. The van der Waals surface area contributed by atoms with Gasteiger partial charge in [-0.1, -0.05) is 33.8 Å². The highest BCUT2D eigenvalue weighted by molar-refractivity contribution is 5.38. The van der Waals surface area contributed by atoms with E-state index in [1.165, 1.54) is 12.0 Å². The van der Waals surface area contributed by atoms with E-state index in [9.17, 15) is 0 Å². The molecule has 0 aromatic carbocycles. The molecule has 1 aromatic heterocycles. The van der Waals surface area contributed by atoms with E-state index in [-0.39, 0.29) is 5.41 Å². The van der Waals surface area contributed by atoms with Crippen molar-refractivity contribution in [3.8, 4) is 0 Å². The van der Waals surface area contributed by atoms with Crippen LogP contribution in [0.1, 0.15) is 39.7 Å². The molecule has 3 nitrogen and oxygen atoms in total. The molecule has 0 atom stereocenters. The molecule has 3 heteroatoms. The first-order valence-electron chi connectivity index (χ1n) is 6.79. The molecule has 0 saturated carbocycles. The maximum atomic E-state index is 4.53. The average Bonchev–Trinajstić information content (AvgIpc) is 2.28. The molecule has 1 heterocycles. The van der Waals surface area contributed by atoms with Gasteiger partial charge in [0.1, 0.15) is 5.82 Å². The molecule has 0 aliphatic rings. The molecule has 0 saturated heterocycles. The summed E-state index contributed by atoms with van der Waals surface area (Å²) in [6.07, 6.45) is 3.14. The van der Waals surface area contributed by atoms with Crippen molar-refractivity contribution in [1.29, 1.82) is 0 Å². The number of pyridine rings is 1. The molecule has 0 aliphatic heterocycles. The van der Waals surface area contributed by atoms with Crippen LogP contribution in [0.15, 0.2) is 18.3 Å². The second-order valence-electron chi connectivity index (χ2n) is 6.12. The highest BCUT2D eigenvalue weighted by Gasteiger charge is 2.14. The predicted octanol–water partition coefficient (Wildman–Crippen LogP) is 3.06. The maximum Gasteiger partial charge on any atom is 0.128 e. The van der Waals surface area contributed by atoms with Crippen LogP contribution in [0, 0.1) is 5.41 Å². The molecule has 0 amide bonds. The lowest BCUT2D eigenvalue weighted by Crippen LogP contribution is -2.29. The number of rotatable bonds is 6. The molecule has 0 spiro atoms. The molecular weight excluding hydrogens is 222 g/mol. The van der Waals surface area contributed by atoms with Crippen molar-refractivity contribution in [3.63, 3.8) is 0 Å². The molecule has 0 bridgehead atoms. The fourth-order valence-electron chi connectivity index (χ4n) is 1.95. The second-order valence-corrected chi connectivity index (χ2v) is 6.12. The van der Waals surface area contributed by atoms with Crippen LogP contribution in [-0.4, -0.2) is 25.1 Å². The van der Waals surface area contributed by atoms with E-state index in [1.54, 1.807) is 0 Å². The molecular formula is C15H27N3. The molecule has 0 aliphatic carbocycles. The monoisotopic (exact) mass is 249 g/mol. The Hall–Kier alpha value is -1.09. The van der Waals surface area contributed by atoms with Crippen molar-refractivity contribution >= 4 is 5.82 Å². The number of nitrogens with zero attached hydrogens (tertiary/aromatic N) is 2. The summed E-state index contributed by atoms with van der Waals surface area (Å²) in [5.41, 5.74) is 1.54. The first-order chi connectivity index (χ1) is 8.42. The molecule has 102 valence electrons. The molecule has 0 radical (unpaired) electrons. The van der Waals surface area contributed by atoms with E-state index in [4.69, 9.17) is 0 Å². The summed E-state index contributed by atoms with van der Waals surface area (Å²) in [4.78, 5) is 6.74. The summed E-state index contributed by atoms with van der Waals surface area (Å²) in [6, 6.07) is 4.26. The van der Waals surface area contributed by atoms with E-state index in [1.807, 2.05) is 6.20 Å². The van der Waals surface area contributed by atoms with Crippen molar-refractivity contribution in [3.05, 3.63) is 23.9 Å². The van der Waals surface area contributed by atoms with E-state index in [2.05, 4.69) is 62.1 Å². The Morgan fingerprint density at radius 1 is 1.28 bits per heavy atom. The lowest BCUT2D eigenvalue weighted by molar-refractivity contribution is 0.418. The van der Waals surface area contributed by atoms with Crippen LogP contribution in [0.3, 0.4) is 0 Å². The summed E-state index contributed by atoms with van der Waals surface area (Å²) >= 11 is 0. The zero-order valence-electron chi connectivity index (χ0n) is 12.5. The van der Waals surface area contributed by atoms with Gasteiger partial charge in [0.25, 0.3) is 0 Å². The summed E-state index contributed by atoms with van der Waals surface area (Å²) < 4.78 is 0. The molecule has 18 heavy (non-hydrogen) atoms. The number of anilines is 1. The van der Waals surface area contributed by atoms with Crippen molar-refractivity contribution in [2.75, 3.05) is 25.0 Å². The van der Waals surface area contributed by atoms with E-state index in [0.717, 1.165) is 25.5 Å². The van der Waals surface area contributed by atoms with Crippen LogP contribution in [0.2, 0.25) is 0 Å². The average molecular weight is 249 g/mol. The van der Waals surface area contributed by atoms with Gasteiger partial charge in [-0.15, -0.1) is 0 Å². The first-order valence-corrected chi connectivity index (χ1v) is 6.79. The van der Waals surface area contributed by atoms with Crippen LogP contribution in [-0.2, 0) is 6.54 Å². The fraction of sp³-hybridized carbons (Fsp3) is 0.667. The first kappa shape index (κ1) is 15.0. The highest BCUT2D eigenvalue weighted by Crippen LogP contribution is 2.18. The minimum atomic E-state index is 0.289. The smallest absolute Gasteiger partial charge is 0.128 e. The highest BCUT2D eigenvalue weighted by atomic mass is 15.2. The van der Waals surface area contributed by atoms with E-state index >= 15 is 0 Å². The van der Waals surface area contributed by atoms with Crippen molar-refractivity contribution < 1.29 is 0 Å². The van der Waals surface area contributed by atoms with Gasteiger partial charge < -0.3 is 10.2 Å². The third kappa shape index (κ3) is 5.50. The zero-order valence-corrected chi connectivity index (χ0v) is 12.5. The Morgan fingerprint density at radius 3 is 2.50 bits per heavy atom. The molecule has 0 unspecified atom stereocenters. The standard InChI is InChI=1S/C15H27N3/c1-6-9-16-10-13-7-8-14(17-11-13)18(5)12-15(2,3)4/h7-8,11,16H,6,9-10,12H2,1-5H3. The number of aromatic nitrogens is 1. The van der Waals surface area contributed by atoms with Crippen LogP contribution in [0.4, 0.5) is 5.82 Å². The zero-order chi connectivity index (χ0) is 13.6. The molecule has 1 N–H and O–H groups in total. The summed E-state index contributed by atoms with van der Waals surface area (Å²) in [6.45, 7) is 11.9. The predicted molar refractivity (Wildman–Crippen MR) is 79.0 cm³/mol. The van der Waals surface area contributed by atoms with Crippen molar-refractivity contribution in [2.24, 2.45) is 5.41 Å². The third-order valence-electron chi connectivity index (χ3n) is 2.67. The largest absolute Gasteiger partial charge is 0.359 e. The normalized spacial score (nSPS) is 11.6. The summed E-state index contributed by atoms with van der Waals surface area (Å²) in [5, 5.41) is 3.38. The number of hydrogen-bond donors (Lipinski definition) is 1. The van der Waals surface area contributed by atoms with E-state index < -0.39 is 0 Å². The van der Waals surface area contributed by atoms with Gasteiger partial charge >= 0.3 is 0 Å². The minimum absolute atomic E-state index is 0.289. The van der Waals surface area contributed by atoms with Gasteiger partial charge in [0.05, 0.1) is 0 Å². The van der Waals surface area contributed by atoms with Crippen LogP contribution < -0.4 is 10.2 Å². The van der Waals surface area contributed by atoms with Gasteiger partial charge in [0.15, 0.2) is 0 Å². The Bertz CT molecular complexity index is 338. The molecule has 1 aromatic rings. The fourth-order valence-corrected chi connectivity index (χ4v) is 1.95. The Morgan fingerprint density at radius 2 is 2.00 bits per heavy atom. The summed E-state index contributed by atoms with van der Waals surface area (Å²) in [7, 11) is 2.10. The van der Waals surface area contributed by atoms with Gasteiger partial charge in [-0.25, -0.2) is 4.98 Å². The number of nitrogens with one attached hydrogen (secondary N) is 1. The Balaban J connectivity index is 2.54. The van der Waals surface area contributed by atoms with Crippen LogP contribution in [0.25, 0.3) is 0 Å². The summed E-state index contributed by atoms with van der Waals surface area (Å²) in [5.74, 6) is 1.05. The van der Waals surface area contributed by atoms with Gasteiger partial charge in [-0.05, 0) is 30.0 Å². The SMILES string of the molecule is CCCNCc1ccc(N(C)CC(C)(C)C)nc1.